The van der Waals surface area contributed by atoms with E-state index in [9.17, 15) is 9.59 Å². The number of rotatable bonds is 5. The maximum absolute atomic E-state index is 12.6. The summed E-state index contributed by atoms with van der Waals surface area (Å²) < 4.78 is 11.2. The molecule has 0 aliphatic heterocycles. The van der Waals surface area contributed by atoms with Crippen LogP contribution in [0.3, 0.4) is 0 Å². The number of nitrogens with zero attached hydrogens (tertiary/aromatic N) is 1. The minimum atomic E-state index is -0.646. The number of benzene rings is 3. The van der Waals surface area contributed by atoms with Crippen LogP contribution in [0.25, 0.3) is 22.3 Å². The molecule has 0 aliphatic rings. The summed E-state index contributed by atoms with van der Waals surface area (Å²) in [6, 6.07) is 16.5. The van der Waals surface area contributed by atoms with E-state index in [4.69, 9.17) is 32.7 Å². The third-order valence-electron chi connectivity index (χ3n) is 4.48. The molecule has 1 aromatic heterocycles. The molecule has 0 radical (unpaired) electrons. The minimum Gasteiger partial charge on any atom is -0.490 e. The number of para-hydroxylation sites is 1. The first-order valence-electron chi connectivity index (χ1n) is 9.39. The molecule has 0 saturated heterocycles. The number of carbonyl (C=O) groups is 1. The van der Waals surface area contributed by atoms with E-state index in [0.717, 1.165) is 0 Å². The first-order valence-corrected chi connectivity index (χ1v) is 10.2. The Morgan fingerprint density at radius 2 is 1.84 bits per heavy atom. The fraction of sp³-hybridized carbons (Fsp3) is 0.0870. The lowest BCUT2D eigenvalue weighted by Gasteiger charge is -2.13. The van der Waals surface area contributed by atoms with Crippen molar-refractivity contribution >= 4 is 40.1 Å². The molecule has 0 aliphatic carbocycles. The van der Waals surface area contributed by atoms with Crippen molar-refractivity contribution in [3.63, 3.8) is 0 Å². The van der Waals surface area contributed by atoms with Crippen molar-refractivity contribution < 1.29 is 14.3 Å². The van der Waals surface area contributed by atoms with Crippen LogP contribution in [-0.2, 0) is 0 Å². The predicted molar refractivity (Wildman–Crippen MR) is 120 cm³/mol. The molecule has 0 spiro atoms. The van der Waals surface area contributed by atoms with Crippen molar-refractivity contribution in [2.45, 2.75) is 6.92 Å². The van der Waals surface area contributed by atoms with Gasteiger partial charge in [0, 0.05) is 10.6 Å². The number of hydrogen-bond acceptors (Lipinski definition) is 5. The number of halogens is 2. The summed E-state index contributed by atoms with van der Waals surface area (Å²) >= 11 is 12.0. The average Bonchev–Trinajstić information content (AvgIpc) is 2.75. The molecule has 0 bridgehead atoms. The Bertz CT molecular complexity index is 1350. The highest BCUT2D eigenvalue weighted by molar-refractivity contribution is 6.36. The minimum absolute atomic E-state index is 0.179. The fourth-order valence-corrected chi connectivity index (χ4v) is 3.53. The number of hydrogen-bond donors (Lipinski definition) is 1. The summed E-state index contributed by atoms with van der Waals surface area (Å²) in [5.74, 6) is 0.273. The highest BCUT2D eigenvalue weighted by atomic mass is 35.5. The van der Waals surface area contributed by atoms with Crippen LogP contribution in [0, 0.1) is 0 Å². The summed E-state index contributed by atoms with van der Waals surface area (Å²) in [5.41, 5.74) is 1.12. The van der Waals surface area contributed by atoms with E-state index in [1.54, 1.807) is 42.5 Å². The number of fused-ring (bicyclic) bond motifs is 1. The Hall–Kier alpha value is -3.35. The van der Waals surface area contributed by atoms with Gasteiger partial charge in [-0.1, -0.05) is 35.3 Å². The van der Waals surface area contributed by atoms with Gasteiger partial charge in [0.25, 0.3) is 5.56 Å². The van der Waals surface area contributed by atoms with Gasteiger partial charge >= 0.3 is 5.97 Å². The zero-order valence-corrected chi connectivity index (χ0v) is 17.8. The highest BCUT2D eigenvalue weighted by Gasteiger charge is 2.17. The largest absolute Gasteiger partial charge is 0.490 e. The maximum Gasteiger partial charge on any atom is 0.345 e. The van der Waals surface area contributed by atoms with E-state index in [-0.39, 0.29) is 21.9 Å². The molecule has 0 unspecified atom stereocenters. The third-order valence-corrected chi connectivity index (χ3v) is 5.03. The zero-order valence-electron chi connectivity index (χ0n) is 16.3. The number of ether oxygens (including phenoxy) is 2. The summed E-state index contributed by atoms with van der Waals surface area (Å²) in [4.78, 5) is 32.3. The fourth-order valence-electron chi connectivity index (χ4n) is 3.04. The molecule has 0 atom stereocenters. The second-order valence-electron chi connectivity index (χ2n) is 6.54. The van der Waals surface area contributed by atoms with Crippen molar-refractivity contribution in [2.24, 2.45) is 0 Å². The van der Waals surface area contributed by atoms with Crippen molar-refractivity contribution in [3.8, 4) is 22.9 Å². The van der Waals surface area contributed by atoms with E-state index in [2.05, 4.69) is 9.97 Å². The number of aromatic nitrogens is 2. The van der Waals surface area contributed by atoms with Gasteiger partial charge in [-0.25, -0.2) is 9.78 Å². The molecule has 156 valence electrons. The quantitative estimate of drug-likeness (QED) is 0.317. The standard InChI is InChI=1S/C23H16Cl2N2O4/c1-2-30-20-11-13(21-26-18-6-4-3-5-16(18)22(28)27-21)7-10-19(20)31-23(29)15-9-8-14(24)12-17(15)25/h3-12H,2H2,1H3,(H,26,27,28). The van der Waals surface area contributed by atoms with Gasteiger partial charge in [0.15, 0.2) is 11.5 Å². The van der Waals surface area contributed by atoms with Crippen LogP contribution in [0.1, 0.15) is 17.3 Å². The van der Waals surface area contributed by atoms with Crippen LogP contribution >= 0.6 is 23.2 Å². The summed E-state index contributed by atoms with van der Waals surface area (Å²) in [6.45, 7) is 2.15. The molecule has 0 amide bonds. The summed E-state index contributed by atoms with van der Waals surface area (Å²) in [6.07, 6.45) is 0. The Balaban J connectivity index is 1.70. The smallest absolute Gasteiger partial charge is 0.345 e. The highest BCUT2D eigenvalue weighted by Crippen LogP contribution is 2.33. The molecule has 1 N–H and O–H groups in total. The van der Waals surface area contributed by atoms with Gasteiger partial charge in [-0.3, -0.25) is 4.79 Å². The van der Waals surface area contributed by atoms with Gasteiger partial charge in [-0.2, -0.15) is 0 Å². The lowest BCUT2D eigenvalue weighted by molar-refractivity contribution is 0.0728. The van der Waals surface area contributed by atoms with Gasteiger partial charge in [-0.05, 0) is 55.5 Å². The van der Waals surface area contributed by atoms with Gasteiger partial charge in [0.05, 0.1) is 28.1 Å². The maximum atomic E-state index is 12.6. The van der Waals surface area contributed by atoms with Crippen LogP contribution in [0.2, 0.25) is 10.0 Å². The molecule has 0 fully saturated rings. The van der Waals surface area contributed by atoms with Crippen molar-refractivity contribution in [1.82, 2.24) is 9.97 Å². The van der Waals surface area contributed by atoms with E-state index in [0.29, 0.717) is 39.7 Å². The number of H-pyrrole nitrogens is 1. The predicted octanol–water partition coefficient (Wildman–Crippen LogP) is 5.51. The molecule has 1 heterocycles. The first kappa shape index (κ1) is 20.9. The van der Waals surface area contributed by atoms with Crippen LogP contribution in [-0.4, -0.2) is 22.5 Å². The summed E-state index contributed by atoms with van der Waals surface area (Å²) in [7, 11) is 0. The van der Waals surface area contributed by atoms with Crippen LogP contribution < -0.4 is 15.0 Å². The molecule has 31 heavy (non-hydrogen) atoms. The Kier molecular flexibility index (Phi) is 5.93. The van der Waals surface area contributed by atoms with Crippen molar-refractivity contribution in [2.75, 3.05) is 6.61 Å². The van der Waals surface area contributed by atoms with E-state index >= 15 is 0 Å². The van der Waals surface area contributed by atoms with E-state index < -0.39 is 5.97 Å². The Morgan fingerprint density at radius 3 is 2.61 bits per heavy atom. The van der Waals surface area contributed by atoms with E-state index in [1.165, 1.54) is 12.1 Å². The molecular formula is C23H16Cl2N2O4. The molecular weight excluding hydrogens is 439 g/mol. The zero-order chi connectivity index (χ0) is 22.0. The second kappa shape index (κ2) is 8.79. The Labute approximate surface area is 187 Å². The molecule has 0 saturated carbocycles. The van der Waals surface area contributed by atoms with Crippen molar-refractivity contribution in [3.05, 3.63) is 86.6 Å². The Morgan fingerprint density at radius 1 is 1.03 bits per heavy atom. The number of aromatic amines is 1. The van der Waals surface area contributed by atoms with Gasteiger partial charge in [0.1, 0.15) is 5.82 Å². The molecule has 3 aromatic carbocycles. The topological polar surface area (TPSA) is 81.3 Å². The molecule has 4 rings (SSSR count). The van der Waals surface area contributed by atoms with Gasteiger partial charge in [-0.15, -0.1) is 0 Å². The number of esters is 1. The lowest BCUT2D eigenvalue weighted by Crippen LogP contribution is -2.11. The first-order chi connectivity index (χ1) is 15.0. The summed E-state index contributed by atoms with van der Waals surface area (Å²) in [5, 5.41) is 1.10. The second-order valence-corrected chi connectivity index (χ2v) is 7.38. The molecule has 8 heteroatoms. The van der Waals surface area contributed by atoms with Crippen LogP contribution in [0.5, 0.6) is 11.5 Å². The van der Waals surface area contributed by atoms with Gasteiger partial charge in [0.2, 0.25) is 0 Å². The number of nitrogens with one attached hydrogen (secondary N) is 1. The SMILES string of the molecule is CCOc1cc(-c2nc3ccccc3c(=O)[nH]2)ccc1OC(=O)c1ccc(Cl)cc1Cl. The van der Waals surface area contributed by atoms with Gasteiger partial charge < -0.3 is 14.5 Å². The average molecular weight is 455 g/mol. The lowest BCUT2D eigenvalue weighted by atomic mass is 10.1. The number of carbonyl (C=O) groups excluding carboxylic acids is 1. The molecule has 6 nitrogen and oxygen atoms in total. The van der Waals surface area contributed by atoms with Crippen LogP contribution in [0.4, 0.5) is 0 Å². The van der Waals surface area contributed by atoms with Crippen molar-refractivity contribution in [1.29, 1.82) is 0 Å². The van der Waals surface area contributed by atoms with Crippen LogP contribution in [0.15, 0.2) is 65.5 Å². The third kappa shape index (κ3) is 4.40. The monoisotopic (exact) mass is 454 g/mol. The van der Waals surface area contributed by atoms with E-state index in [1.807, 2.05) is 13.0 Å². The molecule has 4 aromatic rings. The normalized spacial score (nSPS) is 10.8.